The third kappa shape index (κ3) is 2.86. The zero-order chi connectivity index (χ0) is 21.0. The molecular formula is C25H19F2N2O+. The molecule has 3 nitrogen and oxygen atoms in total. The van der Waals surface area contributed by atoms with Gasteiger partial charge in [-0.2, -0.15) is 0 Å². The number of aromatic nitrogens is 2. The first-order valence-corrected chi connectivity index (χ1v) is 9.67. The summed E-state index contributed by atoms with van der Waals surface area (Å²) in [5.74, 6) is -1.17. The van der Waals surface area contributed by atoms with Gasteiger partial charge >= 0.3 is 0 Å². The molecule has 0 aliphatic heterocycles. The molecule has 0 aliphatic rings. The van der Waals surface area contributed by atoms with Crippen molar-refractivity contribution in [3.8, 4) is 22.4 Å². The Labute approximate surface area is 172 Å². The Balaban J connectivity index is 1.72. The number of benzene rings is 2. The minimum atomic E-state index is -0.590. The van der Waals surface area contributed by atoms with Crippen LogP contribution in [0.2, 0.25) is 0 Å². The van der Waals surface area contributed by atoms with E-state index in [1.807, 2.05) is 55.9 Å². The lowest BCUT2D eigenvalue weighted by Gasteiger charge is -2.08. The zero-order valence-corrected chi connectivity index (χ0v) is 16.8. The van der Waals surface area contributed by atoms with Gasteiger partial charge in [-0.3, -0.25) is 0 Å². The van der Waals surface area contributed by atoms with E-state index in [0.717, 1.165) is 44.9 Å². The molecule has 3 aromatic heterocycles. The fraction of sp³-hybridized carbons (Fsp3) is 0.120. The van der Waals surface area contributed by atoms with Gasteiger partial charge in [0.15, 0.2) is 11.8 Å². The molecule has 0 N–H and O–H groups in total. The van der Waals surface area contributed by atoms with Gasteiger partial charge in [0.25, 0.3) is 0 Å². The van der Waals surface area contributed by atoms with E-state index in [4.69, 9.17) is 4.42 Å². The lowest BCUT2D eigenvalue weighted by Crippen LogP contribution is -2.31. The van der Waals surface area contributed by atoms with Crippen molar-refractivity contribution in [2.24, 2.45) is 7.05 Å². The lowest BCUT2D eigenvalue weighted by atomic mass is 9.99. The highest BCUT2D eigenvalue weighted by atomic mass is 19.1. The molecule has 0 amide bonds. The normalized spacial score (nSPS) is 11.5. The summed E-state index contributed by atoms with van der Waals surface area (Å²) in [4.78, 5) is 4.52. The Morgan fingerprint density at radius 2 is 1.70 bits per heavy atom. The van der Waals surface area contributed by atoms with Crippen molar-refractivity contribution in [3.63, 3.8) is 0 Å². The molecule has 0 atom stereocenters. The van der Waals surface area contributed by atoms with Crippen molar-refractivity contribution in [1.82, 2.24) is 4.98 Å². The molecule has 30 heavy (non-hydrogen) atoms. The van der Waals surface area contributed by atoms with E-state index in [2.05, 4.69) is 17.1 Å². The van der Waals surface area contributed by atoms with Crippen LogP contribution in [0.25, 0.3) is 44.5 Å². The third-order valence-corrected chi connectivity index (χ3v) is 5.49. The highest BCUT2D eigenvalue weighted by Crippen LogP contribution is 2.36. The van der Waals surface area contributed by atoms with Gasteiger partial charge in [-0.15, -0.1) is 0 Å². The van der Waals surface area contributed by atoms with Crippen molar-refractivity contribution in [1.29, 1.82) is 0 Å². The van der Waals surface area contributed by atoms with Gasteiger partial charge in [-0.25, -0.2) is 18.3 Å². The smallest absolute Gasteiger partial charge is 0.227 e. The van der Waals surface area contributed by atoms with E-state index in [0.29, 0.717) is 16.8 Å². The molecule has 0 spiro atoms. The molecule has 2 aromatic carbocycles. The Morgan fingerprint density at radius 3 is 2.47 bits per heavy atom. The molecule has 0 fully saturated rings. The van der Waals surface area contributed by atoms with Crippen molar-refractivity contribution in [3.05, 3.63) is 83.7 Å². The molecule has 0 saturated heterocycles. The quantitative estimate of drug-likeness (QED) is 0.338. The topological polar surface area (TPSA) is 29.9 Å². The Morgan fingerprint density at radius 1 is 0.900 bits per heavy atom. The molecule has 5 aromatic rings. The lowest BCUT2D eigenvalue weighted by molar-refractivity contribution is -0.659. The Kier molecular flexibility index (Phi) is 4.13. The van der Waals surface area contributed by atoms with Crippen LogP contribution in [0.3, 0.4) is 0 Å². The SMILES string of the molecule is Cc1ccc2c(n1)oc1c(-c3ccc(-c4ccc(F)cc4F)c[n+]3C)c(C)ccc12. The Bertz CT molecular complexity index is 1450. The average molecular weight is 401 g/mol. The van der Waals surface area contributed by atoms with Crippen LogP contribution in [0.4, 0.5) is 8.78 Å². The fourth-order valence-electron chi connectivity index (χ4n) is 3.98. The van der Waals surface area contributed by atoms with E-state index in [1.54, 1.807) is 0 Å². The van der Waals surface area contributed by atoms with Crippen molar-refractivity contribution in [2.45, 2.75) is 13.8 Å². The number of hydrogen-bond acceptors (Lipinski definition) is 2. The van der Waals surface area contributed by atoms with Crippen molar-refractivity contribution in [2.75, 3.05) is 0 Å². The van der Waals surface area contributed by atoms with Crippen LogP contribution >= 0.6 is 0 Å². The molecule has 0 unspecified atom stereocenters. The van der Waals surface area contributed by atoms with E-state index in [1.165, 1.54) is 12.1 Å². The zero-order valence-electron chi connectivity index (χ0n) is 16.8. The van der Waals surface area contributed by atoms with E-state index in [9.17, 15) is 8.78 Å². The highest BCUT2D eigenvalue weighted by molar-refractivity contribution is 6.08. The number of rotatable bonds is 2. The number of pyridine rings is 2. The number of nitrogens with zero attached hydrogens (tertiary/aromatic N) is 2. The van der Waals surface area contributed by atoms with Gasteiger partial charge in [0.2, 0.25) is 11.4 Å². The maximum atomic E-state index is 14.2. The third-order valence-electron chi connectivity index (χ3n) is 5.49. The largest absolute Gasteiger partial charge is 0.437 e. The van der Waals surface area contributed by atoms with Crippen molar-refractivity contribution < 1.29 is 17.8 Å². The summed E-state index contributed by atoms with van der Waals surface area (Å²) in [5.41, 5.74) is 6.29. The van der Waals surface area contributed by atoms with Crippen LogP contribution < -0.4 is 4.57 Å². The summed E-state index contributed by atoms with van der Waals surface area (Å²) in [7, 11) is 1.91. The summed E-state index contributed by atoms with van der Waals surface area (Å²) < 4.78 is 35.6. The average Bonchev–Trinajstić information content (AvgIpc) is 3.06. The number of furan rings is 1. The molecule has 5 rings (SSSR count). The predicted molar refractivity (Wildman–Crippen MR) is 113 cm³/mol. The first kappa shape index (κ1) is 18.4. The van der Waals surface area contributed by atoms with Gasteiger partial charge in [0.1, 0.15) is 18.7 Å². The molecule has 3 heterocycles. The van der Waals surface area contributed by atoms with Gasteiger partial charge < -0.3 is 4.42 Å². The molecule has 5 heteroatoms. The molecule has 0 aliphatic carbocycles. The predicted octanol–water partition coefficient (Wildman–Crippen LogP) is 6.03. The monoisotopic (exact) mass is 401 g/mol. The second-order valence-corrected chi connectivity index (χ2v) is 7.58. The second kappa shape index (κ2) is 6.73. The summed E-state index contributed by atoms with van der Waals surface area (Å²) in [6, 6.07) is 15.5. The molecular weight excluding hydrogens is 382 g/mol. The number of halogens is 2. The van der Waals surface area contributed by atoms with Crippen LogP contribution in [0, 0.1) is 25.5 Å². The summed E-state index contributed by atoms with van der Waals surface area (Å²) in [6.45, 7) is 3.97. The molecule has 0 saturated carbocycles. The van der Waals surface area contributed by atoms with Crippen LogP contribution in [0.5, 0.6) is 0 Å². The maximum absolute atomic E-state index is 14.2. The van der Waals surface area contributed by atoms with Crippen molar-refractivity contribution >= 4 is 22.1 Å². The maximum Gasteiger partial charge on any atom is 0.227 e. The highest BCUT2D eigenvalue weighted by Gasteiger charge is 2.22. The van der Waals surface area contributed by atoms with Gasteiger partial charge in [-0.1, -0.05) is 12.1 Å². The Hall–Kier alpha value is -3.60. The fourth-order valence-corrected chi connectivity index (χ4v) is 3.98. The van der Waals surface area contributed by atoms with Crippen LogP contribution in [0.15, 0.2) is 65.2 Å². The molecule has 148 valence electrons. The molecule has 0 radical (unpaired) electrons. The number of hydrogen-bond donors (Lipinski definition) is 0. The molecule has 0 bridgehead atoms. The summed E-state index contributed by atoms with van der Waals surface area (Å²) in [5, 5.41) is 1.98. The van der Waals surface area contributed by atoms with E-state index >= 15 is 0 Å². The van der Waals surface area contributed by atoms with Gasteiger partial charge in [0, 0.05) is 39.7 Å². The van der Waals surface area contributed by atoms with Crippen LogP contribution in [-0.2, 0) is 7.05 Å². The van der Waals surface area contributed by atoms with Gasteiger partial charge in [0.05, 0.1) is 5.56 Å². The van der Waals surface area contributed by atoms with Gasteiger partial charge in [-0.05, 0) is 49.7 Å². The first-order chi connectivity index (χ1) is 14.4. The number of fused-ring (bicyclic) bond motifs is 3. The van der Waals surface area contributed by atoms with E-state index in [-0.39, 0.29) is 0 Å². The number of aryl methyl sites for hydroxylation is 3. The summed E-state index contributed by atoms with van der Waals surface area (Å²) in [6.07, 6.45) is 1.84. The van der Waals surface area contributed by atoms with E-state index < -0.39 is 11.6 Å². The minimum absolute atomic E-state index is 0.358. The standard InChI is InChI=1S/C25H19F2N2O/c1-14-4-8-19-20-9-5-15(2)28-25(20)30-24(19)23(14)22-11-6-16(13-29(22)3)18-10-7-17(26)12-21(18)27/h4-13H,1-3H3/q+1. The summed E-state index contributed by atoms with van der Waals surface area (Å²) >= 11 is 0. The van der Waals surface area contributed by atoms with Crippen LogP contribution in [-0.4, -0.2) is 4.98 Å². The minimum Gasteiger partial charge on any atom is -0.437 e. The van der Waals surface area contributed by atoms with Crippen LogP contribution in [0.1, 0.15) is 11.3 Å². The second-order valence-electron chi connectivity index (χ2n) is 7.58. The first-order valence-electron chi connectivity index (χ1n) is 9.67.